The van der Waals surface area contributed by atoms with Gasteiger partial charge in [-0.1, -0.05) is 12.1 Å². The highest BCUT2D eigenvalue weighted by atomic mass is 16.3. The Morgan fingerprint density at radius 3 is 2.64 bits per heavy atom. The molecule has 0 aromatic heterocycles. The van der Waals surface area contributed by atoms with Crippen molar-refractivity contribution in [1.82, 2.24) is 9.80 Å². The van der Waals surface area contributed by atoms with Gasteiger partial charge in [0.05, 0.1) is 0 Å². The number of amides is 1. The number of nitrogens with zero attached hydrogens (tertiary/aromatic N) is 2. The van der Waals surface area contributed by atoms with E-state index in [4.69, 9.17) is 0 Å². The van der Waals surface area contributed by atoms with E-state index in [2.05, 4.69) is 18.0 Å². The molecule has 2 fully saturated rings. The zero-order valence-corrected chi connectivity index (χ0v) is 13.4. The zero-order chi connectivity index (χ0) is 15.5. The number of aromatic hydroxyl groups is 1. The number of benzene rings is 1. The molecule has 1 aromatic rings. The molecule has 120 valence electrons. The van der Waals surface area contributed by atoms with Crippen molar-refractivity contribution in [3.05, 3.63) is 29.8 Å². The first kappa shape index (κ1) is 15.3. The lowest BCUT2D eigenvalue weighted by Gasteiger charge is -2.33. The number of phenols is 1. The van der Waals surface area contributed by atoms with Gasteiger partial charge in [0.25, 0.3) is 0 Å². The molecule has 2 heterocycles. The first-order valence-corrected chi connectivity index (χ1v) is 8.40. The fraction of sp³-hybridized carbons (Fsp3) is 0.611. The molecule has 0 saturated carbocycles. The molecule has 1 amide bonds. The SMILES string of the molecule is CN1CCCC1CC(=O)N1CCC(c2cccc(O)c2)CC1. The summed E-state index contributed by atoms with van der Waals surface area (Å²) >= 11 is 0. The number of piperidine rings is 1. The van der Waals surface area contributed by atoms with Gasteiger partial charge in [-0.3, -0.25) is 4.79 Å². The highest BCUT2D eigenvalue weighted by Gasteiger charge is 2.28. The van der Waals surface area contributed by atoms with Crippen molar-refractivity contribution in [2.75, 3.05) is 26.7 Å². The first-order valence-electron chi connectivity index (χ1n) is 8.40. The Kier molecular flexibility index (Phi) is 4.67. The van der Waals surface area contributed by atoms with Crippen LogP contribution in [0.2, 0.25) is 0 Å². The summed E-state index contributed by atoms with van der Waals surface area (Å²) in [7, 11) is 2.12. The van der Waals surface area contributed by atoms with Gasteiger partial charge in [0, 0.05) is 25.6 Å². The van der Waals surface area contributed by atoms with Crippen LogP contribution < -0.4 is 0 Å². The number of likely N-dealkylation sites (tertiary alicyclic amines) is 2. The normalized spacial score (nSPS) is 23.9. The zero-order valence-electron chi connectivity index (χ0n) is 13.4. The van der Waals surface area contributed by atoms with Gasteiger partial charge in [-0.25, -0.2) is 0 Å². The molecule has 0 radical (unpaired) electrons. The Labute approximate surface area is 132 Å². The summed E-state index contributed by atoms with van der Waals surface area (Å²) in [5.74, 6) is 1.11. The predicted molar refractivity (Wildman–Crippen MR) is 86.9 cm³/mol. The van der Waals surface area contributed by atoms with Crippen LogP contribution in [0.15, 0.2) is 24.3 Å². The van der Waals surface area contributed by atoms with Gasteiger partial charge < -0.3 is 14.9 Å². The van der Waals surface area contributed by atoms with Crippen molar-refractivity contribution in [1.29, 1.82) is 0 Å². The van der Waals surface area contributed by atoms with E-state index in [0.717, 1.165) is 38.9 Å². The number of hydrogen-bond donors (Lipinski definition) is 1. The summed E-state index contributed by atoms with van der Waals surface area (Å²) < 4.78 is 0. The van der Waals surface area contributed by atoms with Crippen molar-refractivity contribution in [2.45, 2.75) is 44.1 Å². The molecule has 0 aliphatic carbocycles. The number of phenolic OH excluding ortho intramolecular Hbond substituents is 1. The lowest BCUT2D eigenvalue weighted by Crippen LogP contribution is -2.40. The largest absolute Gasteiger partial charge is 0.508 e. The molecule has 1 unspecified atom stereocenters. The van der Waals surface area contributed by atoms with Crippen LogP contribution >= 0.6 is 0 Å². The monoisotopic (exact) mass is 302 g/mol. The van der Waals surface area contributed by atoms with E-state index in [1.165, 1.54) is 12.0 Å². The van der Waals surface area contributed by atoms with Gasteiger partial charge in [0.2, 0.25) is 5.91 Å². The number of rotatable bonds is 3. The Bertz CT molecular complexity index is 524. The number of hydrogen-bond acceptors (Lipinski definition) is 3. The van der Waals surface area contributed by atoms with Crippen LogP contribution in [0.3, 0.4) is 0 Å². The predicted octanol–water partition coefficient (Wildman–Crippen LogP) is 2.58. The molecule has 4 nitrogen and oxygen atoms in total. The maximum Gasteiger partial charge on any atom is 0.224 e. The van der Waals surface area contributed by atoms with E-state index < -0.39 is 0 Å². The second-order valence-electron chi connectivity index (χ2n) is 6.73. The quantitative estimate of drug-likeness (QED) is 0.933. The summed E-state index contributed by atoms with van der Waals surface area (Å²) in [5.41, 5.74) is 1.20. The summed E-state index contributed by atoms with van der Waals surface area (Å²) in [4.78, 5) is 16.8. The summed E-state index contributed by atoms with van der Waals surface area (Å²) in [6.07, 6.45) is 5.04. The van der Waals surface area contributed by atoms with Crippen molar-refractivity contribution in [3.63, 3.8) is 0 Å². The standard InChI is InChI=1S/C18H26N2O2/c1-19-9-3-5-16(19)13-18(22)20-10-7-14(8-11-20)15-4-2-6-17(21)12-15/h2,4,6,12,14,16,21H,3,5,7-11,13H2,1H3. The van der Waals surface area contributed by atoms with Gasteiger partial charge in [-0.15, -0.1) is 0 Å². The van der Waals surface area contributed by atoms with E-state index in [1.807, 2.05) is 17.0 Å². The molecule has 1 N–H and O–H groups in total. The molecule has 1 aromatic carbocycles. The molecule has 3 rings (SSSR count). The molecule has 4 heteroatoms. The van der Waals surface area contributed by atoms with Gasteiger partial charge in [0.1, 0.15) is 5.75 Å². The molecule has 1 atom stereocenters. The Morgan fingerprint density at radius 1 is 1.23 bits per heavy atom. The average molecular weight is 302 g/mol. The van der Waals surface area contributed by atoms with Crippen LogP contribution in [0.4, 0.5) is 0 Å². The number of carbonyl (C=O) groups is 1. The first-order chi connectivity index (χ1) is 10.6. The third-order valence-corrected chi connectivity index (χ3v) is 5.27. The van der Waals surface area contributed by atoms with Crippen molar-refractivity contribution >= 4 is 5.91 Å². The molecule has 2 aliphatic heterocycles. The highest BCUT2D eigenvalue weighted by molar-refractivity contribution is 5.77. The van der Waals surface area contributed by atoms with Crippen LogP contribution in [0, 0.1) is 0 Å². The van der Waals surface area contributed by atoms with Crippen LogP contribution in [-0.2, 0) is 4.79 Å². The van der Waals surface area contributed by atoms with Crippen molar-refractivity contribution in [3.8, 4) is 5.75 Å². The lowest BCUT2D eigenvalue weighted by molar-refractivity contribution is -0.133. The smallest absolute Gasteiger partial charge is 0.224 e. The number of carbonyl (C=O) groups excluding carboxylic acids is 1. The Balaban J connectivity index is 1.52. The van der Waals surface area contributed by atoms with Crippen LogP contribution in [0.25, 0.3) is 0 Å². The van der Waals surface area contributed by atoms with Gasteiger partial charge >= 0.3 is 0 Å². The third-order valence-electron chi connectivity index (χ3n) is 5.27. The topological polar surface area (TPSA) is 43.8 Å². The Morgan fingerprint density at radius 2 is 2.00 bits per heavy atom. The van der Waals surface area contributed by atoms with Crippen LogP contribution in [0.1, 0.15) is 43.6 Å². The van der Waals surface area contributed by atoms with Crippen LogP contribution in [-0.4, -0.2) is 53.5 Å². The minimum Gasteiger partial charge on any atom is -0.508 e. The summed E-state index contributed by atoms with van der Waals surface area (Å²) in [6.45, 7) is 2.81. The second kappa shape index (κ2) is 6.69. The van der Waals surface area contributed by atoms with E-state index in [1.54, 1.807) is 6.07 Å². The van der Waals surface area contributed by atoms with E-state index in [9.17, 15) is 9.90 Å². The summed E-state index contributed by atoms with van der Waals surface area (Å²) in [6, 6.07) is 7.99. The van der Waals surface area contributed by atoms with E-state index in [-0.39, 0.29) is 0 Å². The highest BCUT2D eigenvalue weighted by Crippen LogP contribution is 2.30. The van der Waals surface area contributed by atoms with Crippen molar-refractivity contribution < 1.29 is 9.90 Å². The maximum absolute atomic E-state index is 12.5. The van der Waals surface area contributed by atoms with Gasteiger partial charge in [-0.05, 0) is 62.9 Å². The molecule has 0 bridgehead atoms. The van der Waals surface area contributed by atoms with Gasteiger partial charge in [0.15, 0.2) is 0 Å². The molecule has 2 saturated heterocycles. The van der Waals surface area contributed by atoms with E-state index in [0.29, 0.717) is 30.0 Å². The molecule has 22 heavy (non-hydrogen) atoms. The Hall–Kier alpha value is -1.55. The fourth-order valence-corrected chi connectivity index (χ4v) is 3.81. The third kappa shape index (κ3) is 3.43. The molecular formula is C18H26N2O2. The minimum absolute atomic E-state index is 0.313. The molecule has 2 aliphatic rings. The van der Waals surface area contributed by atoms with Crippen LogP contribution in [0.5, 0.6) is 5.75 Å². The van der Waals surface area contributed by atoms with Gasteiger partial charge in [-0.2, -0.15) is 0 Å². The fourth-order valence-electron chi connectivity index (χ4n) is 3.81. The van der Waals surface area contributed by atoms with Crippen molar-refractivity contribution in [2.24, 2.45) is 0 Å². The van der Waals surface area contributed by atoms with E-state index >= 15 is 0 Å². The summed E-state index contributed by atoms with van der Waals surface area (Å²) in [5, 5.41) is 9.60. The molecule has 0 spiro atoms. The minimum atomic E-state index is 0.313. The second-order valence-corrected chi connectivity index (χ2v) is 6.73. The lowest BCUT2D eigenvalue weighted by atomic mass is 9.89. The maximum atomic E-state index is 12.5. The average Bonchev–Trinajstić information content (AvgIpc) is 2.92. The molecular weight excluding hydrogens is 276 g/mol.